The van der Waals surface area contributed by atoms with Crippen LogP contribution in [0.3, 0.4) is 0 Å². The molecule has 82 valence electrons. The standard InChI is InChI=1S/C9H10F2N2O2/c1-12-9(14)13-7-3-6(11)8(15-2)4-5(7)10/h3-4H,1-2H3,(H2,12,13,14). The van der Waals surface area contributed by atoms with Crippen LogP contribution < -0.4 is 15.4 Å². The molecule has 0 aliphatic heterocycles. The predicted molar refractivity (Wildman–Crippen MR) is 51.0 cm³/mol. The van der Waals surface area contributed by atoms with Gasteiger partial charge >= 0.3 is 6.03 Å². The topological polar surface area (TPSA) is 50.4 Å². The predicted octanol–water partition coefficient (Wildman–Crippen LogP) is 1.72. The number of benzene rings is 1. The number of ether oxygens (including phenoxy) is 1. The average Bonchev–Trinajstić information content (AvgIpc) is 2.22. The summed E-state index contributed by atoms with van der Waals surface area (Å²) in [6.45, 7) is 0. The van der Waals surface area contributed by atoms with Crippen LogP contribution in [0.1, 0.15) is 0 Å². The number of halogens is 2. The van der Waals surface area contributed by atoms with Crippen molar-refractivity contribution >= 4 is 11.7 Å². The first-order valence-corrected chi connectivity index (χ1v) is 4.10. The van der Waals surface area contributed by atoms with Crippen LogP contribution in [0.15, 0.2) is 12.1 Å². The molecule has 0 spiro atoms. The molecule has 1 aromatic rings. The Morgan fingerprint density at radius 3 is 2.53 bits per heavy atom. The summed E-state index contributed by atoms with van der Waals surface area (Å²) in [6, 6.07) is 1.09. The summed E-state index contributed by atoms with van der Waals surface area (Å²) in [5.41, 5.74) is -0.243. The van der Waals surface area contributed by atoms with E-state index in [-0.39, 0.29) is 11.4 Å². The Kier molecular flexibility index (Phi) is 3.43. The normalized spacial score (nSPS) is 9.60. The highest BCUT2D eigenvalue weighted by molar-refractivity contribution is 5.89. The molecule has 0 heterocycles. The number of carbonyl (C=O) groups excluding carboxylic acids is 1. The van der Waals surface area contributed by atoms with E-state index in [0.717, 1.165) is 12.1 Å². The van der Waals surface area contributed by atoms with E-state index in [2.05, 4.69) is 15.4 Å². The van der Waals surface area contributed by atoms with Gasteiger partial charge in [0.1, 0.15) is 0 Å². The van der Waals surface area contributed by atoms with E-state index < -0.39 is 17.7 Å². The van der Waals surface area contributed by atoms with Crippen molar-refractivity contribution in [2.45, 2.75) is 0 Å². The molecule has 4 nitrogen and oxygen atoms in total. The molecule has 1 rings (SSSR count). The highest BCUT2D eigenvalue weighted by Crippen LogP contribution is 2.24. The van der Waals surface area contributed by atoms with Crippen LogP contribution in [-0.2, 0) is 0 Å². The fourth-order valence-electron chi connectivity index (χ4n) is 0.966. The molecule has 15 heavy (non-hydrogen) atoms. The number of methoxy groups -OCH3 is 1. The number of nitrogens with one attached hydrogen (secondary N) is 2. The monoisotopic (exact) mass is 216 g/mol. The van der Waals surface area contributed by atoms with Crippen molar-refractivity contribution in [2.24, 2.45) is 0 Å². The maximum Gasteiger partial charge on any atom is 0.319 e. The average molecular weight is 216 g/mol. The van der Waals surface area contributed by atoms with Crippen LogP contribution in [0.5, 0.6) is 5.75 Å². The molecule has 0 bridgehead atoms. The van der Waals surface area contributed by atoms with Gasteiger partial charge < -0.3 is 15.4 Å². The fourth-order valence-corrected chi connectivity index (χ4v) is 0.966. The quantitative estimate of drug-likeness (QED) is 0.790. The van der Waals surface area contributed by atoms with Crippen LogP contribution in [0.2, 0.25) is 0 Å². The number of hydrogen-bond donors (Lipinski definition) is 2. The number of hydrogen-bond acceptors (Lipinski definition) is 2. The third-order valence-corrected chi connectivity index (χ3v) is 1.72. The van der Waals surface area contributed by atoms with Crippen molar-refractivity contribution < 1.29 is 18.3 Å². The summed E-state index contributed by atoms with van der Waals surface area (Å²) in [5, 5.41) is 4.35. The first kappa shape index (κ1) is 11.2. The fraction of sp³-hybridized carbons (Fsp3) is 0.222. The van der Waals surface area contributed by atoms with Gasteiger partial charge in [0.25, 0.3) is 0 Å². The number of amides is 2. The summed E-state index contributed by atoms with van der Waals surface area (Å²) in [4.78, 5) is 10.9. The third kappa shape index (κ3) is 2.55. The van der Waals surface area contributed by atoms with Crippen molar-refractivity contribution in [3.8, 4) is 5.75 Å². The highest BCUT2D eigenvalue weighted by atomic mass is 19.1. The van der Waals surface area contributed by atoms with Gasteiger partial charge in [0.05, 0.1) is 12.8 Å². The minimum Gasteiger partial charge on any atom is -0.494 e. The van der Waals surface area contributed by atoms with Crippen molar-refractivity contribution in [1.82, 2.24) is 5.32 Å². The highest BCUT2D eigenvalue weighted by Gasteiger charge is 2.11. The van der Waals surface area contributed by atoms with Crippen molar-refractivity contribution in [1.29, 1.82) is 0 Å². The lowest BCUT2D eigenvalue weighted by atomic mass is 10.2. The van der Waals surface area contributed by atoms with Crippen LogP contribution >= 0.6 is 0 Å². The van der Waals surface area contributed by atoms with E-state index in [1.807, 2.05) is 0 Å². The number of carbonyl (C=O) groups is 1. The Morgan fingerprint density at radius 2 is 2.00 bits per heavy atom. The third-order valence-electron chi connectivity index (χ3n) is 1.72. The molecule has 0 saturated heterocycles. The summed E-state index contributed by atoms with van der Waals surface area (Å²) in [5.74, 6) is -1.72. The molecule has 0 atom stereocenters. The Bertz CT molecular complexity index is 383. The van der Waals surface area contributed by atoms with Gasteiger partial charge in [-0.1, -0.05) is 0 Å². The first-order chi connectivity index (χ1) is 7.08. The van der Waals surface area contributed by atoms with Gasteiger partial charge in [-0.3, -0.25) is 0 Å². The Balaban J connectivity index is 3.00. The molecule has 0 fully saturated rings. The molecule has 1 aromatic carbocycles. The molecular formula is C9H10F2N2O2. The van der Waals surface area contributed by atoms with Gasteiger partial charge in [0.2, 0.25) is 0 Å². The molecule has 2 N–H and O–H groups in total. The number of anilines is 1. The van der Waals surface area contributed by atoms with Gasteiger partial charge in [0, 0.05) is 19.2 Å². The van der Waals surface area contributed by atoms with Gasteiger partial charge in [-0.15, -0.1) is 0 Å². The molecule has 0 aromatic heterocycles. The van der Waals surface area contributed by atoms with Crippen LogP contribution in [-0.4, -0.2) is 20.2 Å². The largest absolute Gasteiger partial charge is 0.494 e. The van der Waals surface area contributed by atoms with Crippen molar-refractivity contribution in [2.75, 3.05) is 19.5 Å². The SMILES string of the molecule is CNC(=O)Nc1cc(F)c(OC)cc1F. The number of rotatable bonds is 2. The lowest BCUT2D eigenvalue weighted by Gasteiger charge is -2.08. The molecule has 2 amide bonds. The molecular weight excluding hydrogens is 206 g/mol. The van der Waals surface area contributed by atoms with E-state index in [4.69, 9.17) is 0 Å². The van der Waals surface area contributed by atoms with Crippen LogP contribution in [0.4, 0.5) is 19.3 Å². The summed E-state index contributed by atoms with van der Waals surface area (Å²) >= 11 is 0. The second-order valence-electron chi connectivity index (χ2n) is 2.67. The summed E-state index contributed by atoms with van der Waals surface area (Å²) < 4.78 is 30.9. The maximum atomic E-state index is 13.2. The zero-order valence-electron chi connectivity index (χ0n) is 8.23. The Labute approximate surface area is 85.2 Å². The first-order valence-electron chi connectivity index (χ1n) is 4.10. The smallest absolute Gasteiger partial charge is 0.319 e. The molecule has 0 aliphatic carbocycles. The molecule has 0 radical (unpaired) electrons. The summed E-state index contributed by atoms with van der Waals surface area (Å²) in [6.07, 6.45) is 0. The lowest BCUT2D eigenvalue weighted by molar-refractivity contribution is 0.254. The van der Waals surface area contributed by atoms with E-state index in [1.165, 1.54) is 14.2 Å². The minimum atomic E-state index is -0.767. The van der Waals surface area contributed by atoms with Crippen LogP contribution in [0.25, 0.3) is 0 Å². The van der Waals surface area contributed by atoms with E-state index in [1.54, 1.807) is 0 Å². The Morgan fingerprint density at radius 1 is 1.33 bits per heavy atom. The lowest BCUT2D eigenvalue weighted by Crippen LogP contribution is -2.25. The van der Waals surface area contributed by atoms with Gasteiger partial charge in [-0.2, -0.15) is 0 Å². The van der Waals surface area contributed by atoms with Gasteiger partial charge in [-0.05, 0) is 0 Å². The van der Waals surface area contributed by atoms with E-state index in [0.29, 0.717) is 0 Å². The van der Waals surface area contributed by atoms with Crippen molar-refractivity contribution in [3.05, 3.63) is 23.8 Å². The van der Waals surface area contributed by atoms with Crippen molar-refractivity contribution in [3.63, 3.8) is 0 Å². The Hall–Kier alpha value is -1.85. The second kappa shape index (κ2) is 4.59. The maximum absolute atomic E-state index is 13.2. The van der Waals surface area contributed by atoms with E-state index >= 15 is 0 Å². The second-order valence-corrected chi connectivity index (χ2v) is 2.67. The number of urea groups is 1. The molecule has 0 aliphatic rings. The van der Waals surface area contributed by atoms with Crippen LogP contribution in [0, 0.1) is 11.6 Å². The van der Waals surface area contributed by atoms with E-state index in [9.17, 15) is 13.6 Å². The summed E-state index contributed by atoms with van der Waals surface area (Å²) in [7, 11) is 2.59. The zero-order valence-corrected chi connectivity index (χ0v) is 8.23. The molecule has 6 heteroatoms. The minimum absolute atomic E-state index is 0.213. The zero-order chi connectivity index (χ0) is 11.4. The molecule has 0 unspecified atom stereocenters. The van der Waals surface area contributed by atoms with Gasteiger partial charge in [0.15, 0.2) is 17.4 Å². The molecule has 0 saturated carbocycles. The van der Waals surface area contributed by atoms with Gasteiger partial charge in [-0.25, -0.2) is 13.6 Å².